The number of rotatable bonds is 5. The third kappa shape index (κ3) is 3.87. The first kappa shape index (κ1) is 20.3. The fraction of sp³-hybridized carbons (Fsp3) is 0.217. The maximum absolute atomic E-state index is 13.0. The van der Waals surface area contributed by atoms with Crippen LogP contribution in [0.3, 0.4) is 0 Å². The van der Waals surface area contributed by atoms with Crippen molar-refractivity contribution in [2.24, 2.45) is 0 Å². The van der Waals surface area contributed by atoms with E-state index in [1.165, 1.54) is 0 Å². The van der Waals surface area contributed by atoms with E-state index in [0.29, 0.717) is 29.9 Å². The van der Waals surface area contributed by atoms with Crippen molar-refractivity contribution in [3.05, 3.63) is 77.9 Å². The van der Waals surface area contributed by atoms with E-state index < -0.39 is 10.0 Å². The van der Waals surface area contributed by atoms with Crippen LogP contribution in [0.15, 0.2) is 65.7 Å². The van der Waals surface area contributed by atoms with Crippen LogP contribution >= 0.6 is 0 Å². The fourth-order valence-corrected chi connectivity index (χ4v) is 4.79. The van der Waals surface area contributed by atoms with Crippen molar-refractivity contribution in [2.45, 2.75) is 31.2 Å². The molecule has 32 heavy (non-hydrogen) atoms. The Morgan fingerprint density at radius 2 is 1.69 bits per heavy atom. The van der Waals surface area contributed by atoms with Crippen molar-refractivity contribution in [1.82, 2.24) is 19.9 Å². The summed E-state index contributed by atoms with van der Waals surface area (Å²) in [5, 5.41) is 0. The number of para-hydroxylation sites is 2. The number of aromatic nitrogens is 4. The third-order valence-electron chi connectivity index (χ3n) is 5.45. The predicted molar refractivity (Wildman–Crippen MR) is 123 cm³/mol. The molecule has 0 unspecified atom stereocenters. The minimum absolute atomic E-state index is 0.172. The number of nitrogens with one attached hydrogen (secondary N) is 1. The maximum Gasteiger partial charge on any atom is 0.263 e. The summed E-state index contributed by atoms with van der Waals surface area (Å²) in [6.07, 6.45) is 3.40. The number of benzene rings is 2. The van der Waals surface area contributed by atoms with E-state index in [-0.39, 0.29) is 10.7 Å². The average molecular weight is 447 g/mol. The van der Waals surface area contributed by atoms with Gasteiger partial charge < -0.3 is 4.90 Å². The molecule has 0 saturated heterocycles. The highest BCUT2D eigenvalue weighted by molar-refractivity contribution is 7.92. The van der Waals surface area contributed by atoms with Crippen molar-refractivity contribution >= 4 is 32.7 Å². The molecule has 0 amide bonds. The summed E-state index contributed by atoms with van der Waals surface area (Å²) < 4.78 is 28.7. The topological polar surface area (TPSA) is 101 Å². The lowest BCUT2D eigenvalue weighted by Gasteiger charge is -2.30. The third-order valence-corrected chi connectivity index (χ3v) is 6.80. The van der Waals surface area contributed by atoms with Crippen LogP contribution in [0.25, 0.3) is 11.0 Å². The molecule has 0 saturated carbocycles. The lowest BCUT2D eigenvalue weighted by atomic mass is 10.1. The Morgan fingerprint density at radius 1 is 0.969 bits per heavy atom. The molecule has 1 aliphatic rings. The van der Waals surface area contributed by atoms with Crippen LogP contribution in [-0.2, 0) is 29.4 Å². The number of aryl methyl sites for hydroxylation is 1. The van der Waals surface area contributed by atoms with E-state index >= 15 is 0 Å². The van der Waals surface area contributed by atoms with E-state index in [4.69, 9.17) is 4.98 Å². The van der Waals surface area contributed by atoms with Crippen LogP contribution in [-0.4, -0.2) is 34.9 Å². The van der Waals surface area contributed by atoms with Gasteiger partial charge in [0, 0.05) is 19.2 Å². The SMILES string of the molecule is CCc1ncc2c(n1)CN(c1nc3ccccc3nc1NS(=O)(=O)c1ccccc1)CC2. The summed E-state index contributed by atoms with van der Waals surface area (Å²) in [5.74, 6) is 1.49. The Bertz CT molecular complexity index is 1390. The molecule has 3 heterocycles. The van der Waals surface area contributed by atoms with Gasteiger partial charge in [0.25, 0.3) is 10.0 Å². The zero-order chi connectivity index (χ0) is 22.1. The van der Waals surface area contributed by atoms with Crippen LogP contribution in [0.4, 0.5) is 11.6 Å². The maximum atomic E-state index is 13.0. The van der Waals surface area contributed by atoms with Gasteiger partial charge in [0.15, 0.2) is 11.6 Å². The molecule has 0 radical (unpaired) electrons. The minimum atomic E-state index is -3.82. The van der Waals surface area contributed by atoms with E-state index in [2.05, 4.69) is 19.7 Å². The highest BCUT2D eigenvalue weighted by Crippen LogP contribution is 2.30. The first-order valence-electron chi connectivity index (χ1n) is 10.5. The molecule has 2 aromatic carbocycles. The number of hydrogen-bond donors (Lipinski definition) is 1. The van der Waals surface area contributed by atoms with Gasteiger partial charge in [0.2, 0.25) is 0 Å². The van der Waals surface area contributed by atoms with E-state index in [9.17, 15) is 8.42 Å². The number of anilines is 2. The number of sulfonamides is 1. The summed E-state index contributed by atoms with van der Waals surface area (Å²) in [5.41, 5.74) is 3.37. The van der Waals surface area contributed by atoms with Crippen molar-refractivity contribution in [2.75, 3.05) is 16.2 Å². The van der Waals surface area contributed by atoms with Crippen LogP contribution in [0.5, 0.6) is 0 Å². The molecule has 0 spiro atoms. The largest absolute Gasteiger partial charge is 0.347 e. The van der Waals surface area contributed by atoms with Gasteiger partial charge in [-0.2, -0.15) is 0 Å². The smallest absolute Gasteiger partial charge is 0.263 e. The Morgan fingerprint density at radius 3 is 2.44 bits per heavy atom. The number of hydrogen-bond acceptors (Lipinski definition) is 7. The van der Waals surface area contributed by atoms with Crippen LogP contribution in [0.2, 0.25) is 0 Å². The lowest BCUT2D eigenvalue weighted by Crippen LogP contribution is -2.33. The van der Waals surface area contributed by atoms with Crippen molar-refractivity contribution in [3.8, 4) is 0 Å². The monoisotopic (exact) mass is 446 g/mol. The average Bonchev–Trinajstić information content (AvgIpc) is 2.83. The van der Waals surface area contributed by atoms with E-state index in [0.717, 1.165) is 29.9 Å². The first-order chi connectivity index (χ1) is 15.5. The molecule has 5 rings (SSSR count). The second-order valence-corrected chi connectivity index (χ2v) is 9.27. The number of nitrogens with zero attached hydrogens (tertiary/aromatic N) is 5. The molecule has 0 atom stereocenters. The lowest BCUT2D eigenvalue weighted by molar-refractivity contribution is 0.601. The highest BCUT2D eigenvalue weighted by atomic mass is 32.2. The molecule has 4 aromatic rings. The molecule has 162 valence electrons. The summed E-state index contributed by atoms with van der Waals surface area (Å²) in [4.78, 5) is 20.7. The van der Waals surface area contributed by atoms with Gasteiger partial charge in [-0.05, 0) is 36.2 Å². The quantitative estimate of drug-likeness (QED) is 0.502. The van der Waals surface area contributed by atoms with Crippen LogP contribution in [0, 0.1) is 0 Å². The molecule has 0 fully saturated rings. The second kappa shape index (κ2) is 8.16. The van der Waals surface area contributed by atoms with E-state index in [1.54, 1.807) is 30.3 Å². The Hall–Kier alpha value is -3.59. The molecule has 1 N–H and O–H groups in total. The normalized spacial score (nSPS) is 13.7. The molecule has 1 aliphatic heterocycles. The first-order valence-corrected chi connectivity index (χ1v) is 11.9. The van der Waals surface area contributed by atoms with Crippen LogP contribution in [0.1, 0.15) is 24.0 Å². The van der Waals surface area contributed by atoms with Gasteiger partial charge in [-0.15, -0.1) is 0 Å². The standard InChI is InChI=1S/C23H22N6O2S/c1-2-21-24-14-16-12-13-29(15-20(16)25-21)23-22(26-18-10-6-7-11-19(18)27-23)28-32(30,31)17-8-4-3-5-9-17/h3-11,14H,2,12-13,15H2,1H3,(H,26,28). The summed E-state index contributed by atoms with van der Waals surface area (Å²) in [6.45, 7) is 3.19. The highest BCUT2D eigenvalue weighted by Gasteiger charge is 2.25. The summed E-state index contributed by atoms with van der Waals surface area (Å²) in [6, 6.07) is 15.7. The fourth-order valence-electron chi connectivity index (χ4n) is 3.76. The molecule has 2 aromatic heterocycles. The van der Waals surface area contributed by atoms with Gasteiger partial charge in [0.1, 0.15) is 5.82 Å². The minimum Gasteiger partial charge on any atom is -0.347 e. The molecule has 9 heteroatoms. The molecular weight excluding hydrogens is 424 g/mol. The van der Waals surface area contributed by atoms with Gasteiger partial charge in [-0.3, -0.25) is 4.72 Å². The zero-order valence-electron chi connectivity index (χ0n) is 17.6. The predicted octanol–water partition coefficient (Wildman–Crippen LogP) is 3.35. The van der Waals surface area contributed by atoms with Gasteiger partial charge in [-0.1, -0.05) is 37.3 Å². The molecule has 0 bridgehead atoms. The van der Waals surface area contributed by atoms with Crippen molar-refractivity contribution in [1.29, 1.82) is 0 Å². The van der Waals surface area contributed by atoms with E-state index in [1.807, 2.05) is 42.3 Å². The van der Waals surface area contributed by atoms with Gasteiger partial charge in [-0.25, -0.2) is 28.4 Å². The zero-order valence-corrected chi connectivity index (χ0v) is 18.4. The number of fused-ring (bicyclic) bond motifs is 2. The Labute approximate surface area is 186 Å². The van der Waals surface area contributed by atoms with Crippen molar-refractivity contribution < 1.29 is 8.42 Å². The summed E-state index contributed by atoms with van der Waals surface area (Å²) in [7, 11) is -3.82. The Kier molecular flexibility index (Phi) is 5.18. The molecule has 0 aliphatic carbocycles. The second-order valence-electron chi connectivity index (χ2n) is 7.59. The molecular formula is C23H22N6O2S. The molecule has 8 nitrogen and oxygen atoms in total. The Balaban J connectivity index is 1.58. The van der Waals surface area contributed by atoms with Gasteiger partial charge >= 0.3 is 0 Å². The van der Waals surface area contributed by atoms with Crippen LogP contribution < -0.4 is 9.62 Å². The van der Waals surface area contributed by atoms with Gasteiger partial charge in [0.05, 0.1) is 28.2 Å². The van der Waals surface area contributed by atoms with Crippen molar-refractivity contribution in [3.63, 3.8) is 0 Å². The summed E-state index contributed by atoms with van der Waals surface area (Å²) >= 11 is 0.